The molecule has 4 fully saturated rings. The maximum Gasteiger partial charge on any atom is 0.215 e. The van der Waals surface area contributed by atoms with Crippen LogP contribution < -0.4 is 4.72 Å². The van der Waals surface area contributed by atoms with Crippen LogP contribution >= 0.6 is 0 Å². The third kappa shape index (κ3) is 5.01. The summed E-state index contributed by atoms with van der Waals surface area (Å²) in [5.41, 5.74) is 1.25. The van der Waals surface area contributed by atoms with Gasteiger partial charge in [-0.15, -0.1) is 0 Å². The summed E-state index contributed by atoms with van der Waals surface area (Å²) in [5.74, 6) is 3.20. The largest absolute Gasteiger partial charge is 0.393 e. The van der Waals surface area contributed by atoms with Gasteiger partial charge in [-0.25, -0.2) is 13.1 Å². The minimum Gasteiger partial charge on any atom is -0.393 e. The van der Waals surface area contributed by atoms with Crippen molar-refractivity contribution in [1.82, 2.24) is 4.72 Å². The lowest BCUT2D eigenvalue weighted by molar-refractivity contribution is -0.203. The van der Waals surface area contributed by atoms with Gasteiger partial charge in [0.15, 0.2) is 0 Å². The first-order valence-electron chi connectivity index (χ1n) is 15.4. The molecular formula is C32H51NO4S. The number of hydrogen-bond acceptors (Lipinski definition) is 4. The van der Waals surface area contributed by atoms with E-state index in [1.165, 1.54) is 25.7 Å². The van der Waals surface area contributed by atoms with Crippen LogP contribution in [0.4, 0.5) is 0 Å². The zero-order chi connectivity index (χ0) is 27.3. The summed E-state index contributed by atoms with van der Waals surface area (Å²) in [6, 6.07) is 9.38. The van der Waals surface area contributed by atoms with E-state index < -0.39 is 10.0 Å². The molecule has 6 heteroatoms. The van der Waals surface area contributed by atoms with E-state index in [2.05, 4.69) is 32.4 Å². The predicted molar refractivity (Wildman–Crippen MR) is 153 cm³/mol. The molecule has 4 aliphatic carbocycles. The Bertz CT molecular complexity index is 1060. The summed E-state index contributed by atoms with van der Waals surface area (Å²) in [4.78, 5) is 0. The molecule has 0 spiro atoms. The summed E-state index contributed by atoms with van der Waals surface area (Å²) in [6.45, 7) is 10.0. The third-order valence-corrected chi connectivity index (χ3v) is 13.6. The summed E-state index contributed by atoms with van der Waals surface area (Å²) in [6.07, 6.45) is 8.99. The fraction of sp³-hybridized carbons (Fsp3) is 0.812. The van der Waals surface area contributed by atoms with Crippen molar-refractivity contribution in [2.24, 2.45) is 52.3 Å². The molecule has 5 rings (SSSR count). The molecule has 0 heterocycles. The van der Waals surface area contributed by atoms with Gasteiger partial charge >= 0.3 is 0 Å². The van der Waals surface area contributed by atoms with E-state index in [9.17, 15) is 18.6 Å². The normalized spacial score (nSPS) is 43.6. The lowest BCUT2D eigenvalue weighted by Gasteiger charge is -2.64. The Morgan fingerprint density at radius 3 is 2.37 bits per heavy atom. The molecule has 5 nitrogen and oxygen atoms in total. The highest BCUT2D eigenvalue weighted by Gasteiger charge is 2.64. The van der Waals surface area contributed by atoms with Gasteiger partial charge in [0.05, 0.1) is 18.0 Å². The van der Waals surface area contributed by atoms with E-state index >= 15 is 0 Å². The van der Waals surface area contributed by atoms with Gasteiger partial charge < -0.3 is 10.2 Å². The Morgan fingerprint density at radius 2 is 1.66 bits per heavy atom. The Hall–Kier alpha value is -0.950. The predicted octanol–water partition coefficient (Wildman–Crippen LogP) is 5.76. The molecule has 3 N–H and O–H groups in total. The SMILES string of the molecule is CC[C@@H]1C2C[C@H](O)CCC2(C)C2CCC3(C)C([C@H](C)CCNS(=O)(=O)Cc4ccccc4)CC[C@H]3C2[C@@H]1O. The van der Waals surface area contributed by atoms with Gasteiger partial charge in [0.25, 0.3) is 0 Å². The molecule has 6 unspecified atom stereocenters. The van der Waals surface area contributed by atoms with Crippen molar-refractivity contribution >= 4 is 10.0 Å². The van der Waals surface area contributed by atoms with Crippen LogP contribution in [-0.2, 0) is 15.8 Å². The molecule has 0 saturated heterocycles. The molecule has 11 atom stereocenters. The molecule has 1 aromatic rings. The quantitative estimate of drug-likeness (QED) is 0.388. The van der Waals surface area contributed by atoms with E-state index in [1.54, 1.807) is 0 Å². The van der Waals surface area contributed by atoms with Crippen molar-refractivity contribution in [3.8, 4) is 0 Å². The van der Waals surface area contributed by atoms with E-state index in [-0.39, 0.29) is 34.7 Å². The number of aliphatic hydroxyl groups is 2. The standard InChI is InChI=1S/C32H51NO4S/c1-5-24-28-19-23(34)13-16-32(28,4)27-14-17-31(3)25(11-12-26(31)29(27)30(24)35)21(2)15-18-33-38(36,37)20-22-9-7-6-8-10-22/h6-10,21,23-30,33-35H,5,11-20H2,1-4H3/t21-,23-,24-,25?,26+,27?,28?,29?,30-,31?,32?/m1/s1. The van der Waals surface area contributed by atoms with Gasteiger partial charge in [-0.3, -0.25) is 0 Å². The Balaban J connectivity index is 1.26. The highest BCUT2D eigenvalue weighted by Crippen LogP contribution is 2.69. The molecule has 4 saturated carbocycles. The highest BCUT2D eigenvalue weighted by molar-refractivity contribution is 7.88. The number of benzene rings is 1. The van der Waals surface area contributed by atoms with Crippen LogP contribution in [0.3, 0.4) is 0 Å². The third-order valence-electron chi connectivity index (χ3n) is 12.3. The number of aliphatic hydroxyl groups excluding tert-OH is 2. The molecule has 0 bridgehead atoms. The highest BCUT2D eigenvalue weighted by atomic mass is 32.2. The van der Waals surface area contributed by atoms with Crippen LogP contribution in [0.1, 0.15) is 91.0 Å². The van der Waals surface area contributed by atoms with Crippen LogP contribution in [0.2, 0.25) is 0 Å². The van der Waals surface area contributed by atoms with Gasteiger partial charge in [0, 0.05) is 6.54 Å². The average molecular weight is 546 g/mol. The lowest BCUT2D eigenvalue weighted by Crippen LogP contribution is -2.62. The topological polar surface area (TPSA) is 86.6 Å². The van der Waals surface area contributed by atoms with Gasteiger partial charge in [0.1, 0.15) is 0 Å². The van der Waals surface area contributed by atoms with Gasteiger partial charge in [-0.1, -0.05) is 64.4 Å². The summed E-state index contributed by atoms with van der Waals surface area (Å²) in [7, 11) is -3.35. The molecule has 1 aromatic carbocycles. The van der Waals surface area contributed by atoms with Crippen molar-refractivity contribution in [3.63, 3.8) is 0 Å². The molecule has 0 aromatic heterocycles. The monoisotopic (exact) mass is 545 g/mol. The second-order valence-electron chi connectivity index (χ2n) is 14.0. The average Bonchev–Trinajstić information content (AvgIpc) is 3.23. The maximum absolute atomic E-state index is 12.7. The summed E-state index contributed by atoms with van der Waals surface area (Å²) in [5, 5.41) is 22.4. The molecular weight excluding hydrogens is 494 g/mol. The zero-order valence-corrected chi connectivity index (χ0v) is 24.8. The number of nitrogens with one attached hydrogen (secondary N) is 1. The molecule has 0 aliphatic heterocycles. The van der Waals surface area contributed by atoms with Crippen LogP contribution in [0.5, 0.6) is 0 Å². The second kappa shape index (κ2) is 10.8. The smallest absolute Gasteiger partial charge is 0.215 e. The minimum absolute atomic E-state index is 0.0295. The van der Waals surface area contributed by atoms with Crippen molar-refractivity contribution in [3.05, 3.63) is 35.9 Å². The first-order chi connectivity index (χ1) is 18.0. The first-order valence-corrected chi connectivity index (χ1v) is 17.0. The van der Waals surface area contributed by atoms with Crippen molar-refractivity contribution < 1.29 is 18.6 Å². The van der Waals surface area contributed by atoms with Crippen LogP contribution in [-0.4, -0.2) is 37.4 Å². The van der Waals surface area contributed by atoms with Gasteiger partial charge in [0.2, 0.25) is 10.0 Å². The van der Waals surface area contributed by atoms with Gasteiger partial charge in [-0.05, 0) is 109 Å². The van der Waals surface area contributed by atoms with E-state index in [1.807, 2.05) is 30.3 Å². The maximum atomic E-state index is 12.7. The van der Waals surface area contributed by atoms with E-state index in [4.69, 9.17) is 0 Å². The first kappa shape index (κ1) is 28.6. The molecule has 0 amide bonds. The zero-order valence-electron chi connectivity index (χ0n) is 24.0. The summed E-state index contributed by atoms with van der Waals surface area (Å²) >= 11 is 0. The number of fused-ring (bicyclic) bond motifs is 5. The van der Waals surface area contributed by atoms with Crippen LogP contribution in [0.25, 0.3) is 0 Å². The summed E-state index contributed by atoms with van der Waals surface area (Å²) < 4.78 is 28.2. The lowest BCUT2D eigenvalue weighted by atomic mass is 9.41. The number of rotatable bonds is 8. The van der Waals surface area contributed by atoms with Crippen molar-refractivity contribution in [2.75, 3.05) is 6.54 Å². The van der Waals surface area contributed by atoms with Crippen molar-refractivity contribution in [1.29, 1.82) is 0 Å². The molecule has 214 valence electrons. The van der Waals surface area contributed by atoms with Gasteiger partial charge in [-0.2, -0.15) is 0 Å². The number of hydrogen-bond donors (Lipinski definition) is 3. The van der Waals surface area contributed by atoms with Crippen LogP contribution in [0.15, 0.2) is 30.3 Å². The molecule has 38 heavy (non-hydrogen) atoms. The van der Waals surface area contributed by atoms with E-state index in [0.29, 0.717) is 42.1 Å². The number of sulfonamides is 1. The minimum atomic E-state index is -3.35. The Labute approximate surface area is 231 Å². The second-order valence-corrected chi connectivity index (χ2v) is 15.8. The fourth-order valence-electron chi connectivity index (χ4n) is 10.4. The van der Waals surface area contributed by atoms with Crippen molar-refractivity contribution in [2.45, 2.75) is 103 Å². The molecule has 4 aliphatic rings. The fourth-order valence-corrected chi connectivity index (χ4v) is 11.6. The van der Waals surface area contributed by atoms with E-state index in [0.717, 1.165) is 37.7 Å². The molecule has 0 radical (unpaired) electrons. The Morgan fingerprint density at radius 1 is 0.974 bits per heavy atom. The van der Waals surface area contributed by atoms with Crippen LogP contribution in [0, 0.1) is 52.3 Å². The Kier molecular flexibility index (Phi) is 8.12.